The van der Waals surface area contributed by atoms with Crippen molar-refractivity contribution in [3.8, 4) is 45.8 Å². The minimum absolute atomic E-state index is 0.115. The second kappa shape index (κ2) is 14.7. The summed E-state index contributed by atoms with van der Waals surface area (Å²) in [6.07, 6.45) is 3.10. The van der Waals surface area contributed by atoms with E-state index < -0.39 is 0 Å². The lowest BCUT2D eigenvalue weighted by molar-refractivity contribution is 0.953. The molecule has 0 saturated carbocycles. The monoisotopic (exact) mass is 762 g/mol. The van der Waals surface area contributed by atoms with E-state index in [0.29, 0.717) is 55.3 Å². The van der Waals surface area contributed by atoms with E-state index in [1.54, 1.807) is 41.2 Å². The number of fused-ring (bicyclic) bond motifs is 3. The molecule has 13 heteroatoms. The van der Waals surface area contributed by atoms with Crippen molar-refractivity contribution in [1.82, 2.24) is 27.8 Å². The number of nitrogen functional groups attached to an aromatic ring is 2. The number of hydrogen-bond donors (Lipinski definition) is 2. The van der Waals surface area contributed by atoms with E-state index >= 15 is 0 Å². The quantitative estimate of drug-likeness (QED) is 0.168. The van der Waals surface area contributed by atoms with Gasteiger partial charge in [-0.15, -0.1) is 0 Å². The van der Waals surface area contributed by atoms with Crippen LogP contribution in [0.3, 0.4) is 0 Å². The predicted molar refractivity (Wildman–Crippen MR) is 224 cm³/mol. The molecule has 0 spiro atoms. The van der Waals surface area contributed by atoms with Gasteiger partial charge in [-0.25, -0.2) is 9.97 Å². The van der Waals surface area contributed by atoms with Gasteiger partial charge in [-0.05, 0) is 84.6 Å². The Labute approximate surface area is 329 Å². The summed E-state index contributed by atoms with van der Waals surface area (Å²) in [4.78, 5) is 34.9. The van der Waals surface area contributed by atoms with Crippen molar-refractivity contribution in [3.05, 3.63) is 165 Å². The highest BCUT2D eigenvalue weighted by Crippen LogP contribution is 2.36. The Morgan fingerprint density at radius 3 is 1.60 bits per heavy atom. The third kappa shape index (κ3) is 6.20. The molecule has 0 aliphatic carbocycles. The van der Waals surface area contributed by atoms with Crippen LogP contribution >= 0.6 is 11.7 Å². The van der Waals surface area contributed by atoms with Crippen LogP contribution in [0.4, 0.5) is 11.4 Å². The molecular weight excluding hydrogens is 733 g/mol. The average molecular weight is 763 g/mol. The number of nitrogens with two attached hydrogens (primary N) is 2. The van der Waals surface area contributed by atoms with Crippen LogP contribution in [-0.4, -0.2) is 27.8 Å². The van der Waals surface area contributed by atoms with Crippen LogP contribution in [0, 0.1) is 36.5 Å². The zero-order valence-electron chi connectivity index (χ0n) is 30.5. The Morgan fingerprint density at radius 1 is 0.544 bits per heavy atom. The summed E-state index contributed by atoms with van der Waals surface area (Å²) >= 11 is 1.09. The Morgan fingerprint density at radius 2 is 1.04 bits per heavy atom. The van der Waals surface area contributed by atoms with Crippen molar-refractivity contribution in [2.75, 3.05) is 11.5 Å². The van der Waals surface area contributed by atoms with Crippen LogP contribution in [0.5, 0.6) is 0 Å². The van der Waals surface area contributed by atoms with Gasteiger partial charge >= 0.3 is 0 Å². The SMILES string of the molecule is Cc1c(-c2ccc(C#N)c(N)c2N)cccc1-n1cnc2ccccc2c1=O.Cc1c(-c2ccc(C#N)c3nsnc23)cccc1-n1cnc2ccccc2c1=O. The van der Waals surface area contributed by atoms with Crippen molar-refractivity contribution in [1.29, 1.82) is 10.5 Å². The van der Waals surface area contributed by atoms with Gasteiger partial charge in [-0.1, -0.05) is 60.7 Å². The molecule has 9 rings (SSSR count). The molecule has 12 nitrogen and oxygen atoms in total. The van der Waals surface area contributed by atoms with Crippen molar-refractivity contribution < 1.29 is 0 Å². The summed E-state index contributed by atoms with van der Waals surface area (Å²) in [6.45, 7) is 3.89. The second-order valence-electron chi connectivity index (χ2n) is 13.1. The molecule has 4 N–H and O–H groups in total. The van der Waals surface area contributed by atoms with Gasteiger partial charge in [0.05, 0.1) is 67.4 Å². The van der Waals surface area contributed by atoms with Crippen LogP contribution in [0.15, 0.2) is 131 Å². The van der Waals surface area contributed by atoms with Gasteiger partial charge in [-0.2, -0.15) is 19.3 Å². The van der Waals surface area contributed by atoms with Gasteiger partial charge in [0.15, 0.2) is 0 Å². The number of para-hydroxylation sites is 2. The van der Waals surface area contributed by atoms with E-state index in [1.807, 2.05) is 98.8 Å². The number of benzene rings is 6. The Hall–Kier alpha value is -8.00. The smallest absolute Gasteiger partial charge is 0.265 e. The first-order chi connectivity index (χ1) is 27.7. The van der Waals surface area contributed by atoms with Crippen molar-refractivity contribution in [3.63, 3.8) is 0 Å². The molecule has 0 bridgehead atoms. The summed E-state index contributed by atoms with van der Waals surface area (Å²) in [5, 5.41) is 19.6. The lowest BCUT2D eigenvalue weighted by Crippen LogP contribution is -2.19. The molecule has 3 aromatic heterocycles. The van der Waals surface area contributed by atoms with E-state index in [-0.39, 0.29) is 16.8 Å². The average Bonchev–Trinajstić information content (AvgIpc) is 3.74. The van der Waals surface area contributed by atoms with E-state index in [2.05, 4.69) is 24.8 Å². The molecule has 57 heavy (non-hydrogen) atoms. The lowest BCUT2D eigenvalue weighted by Gasteiger charge is -2.16. The van der Waals surface area contributed by atoms with Gasteiger partial charge in [0, 0.05) is 11.1 Å². The summed E-state index contributed by atoms with van der Waals surface area (Å²) in [7, 11) is 0. The number of rotatable bonds is 4. The van der Waals surface area contributed by atoms with E-state index in [1.165, 1.54) is 10.9 Å². The summed E-state index contributed by atoms with van der Waals surface area (Å²) in [5.41, 5.74) is 22.6. The molecule has 0 aliphatic rings. The van der Waals surface area contributed by atoms with Crippen LogP contribution in [-0.2, 0) is 0 Å². The maximum Gasteiger partial charge on any atom is 0.265 e. The van der Waals surface area contributed by atoms with E-state index in [9.17, 15) is 14.9 Å². The third-order valence-electron chi connectivity index (χ3n) is 9.98. The molecule has 0 fully saturated rings. The molecule has 6 aromatic carbocycles. The fourth-order valence-corrected chi connectivity index (χ4v) is 7.55. The number of nitrogens with zero attached hydrogens (tertiary/aromatic N) is 8. The van der Waals surface area contributed by atoms with Gasteiger partial charge in [0.1, 0.15) is 35.8 Å². The molecular formula is C44H30N10O2S. The van der Waals surface area contributed by atoms with E-state index in [0.717, 1.165) is 50.8 Å². The Kier molecular flexibility index (Phi) is 9.27. The first kappa shape index (κ1) is 36.0. The van der Waals surface area contributed by atoms with Crippen LogP contribution < -0.4 is 22.6 Å². The number of hydrogen-bond acceptors (Lipinski definition) is 11. The highest BCUT2D eigenvalue weighted by molar-refractivity contribution is 7.00. The molecule has 274 valence electrons. The molecule has 0 saturated heterocycles. The summed E-state index contributed by atoms with van der Waals surface area (Å²) in [6, 6.07) is 37.2. The third-order valence-corrected chi connectivity index (χ3v) is 10.5. The molecule has 0 aliphatic heterocycles. The topological polar surface area (TPSA) is 195 Å². The normalized spacial score (nSPS) is 10.9. The molecule has 0 unspecified atom stereocenters. The van der Waals surface area contributed by atoms with E-state index in [4.69, 9.17) is 16.7 Å². The van der Waals surface area contributed by atoms with Gasteiger partial charge in [0.2, 0.25) is 0 Å². The molecule has 0 amide bonds. The first-order valence-electron chi connectivity index (χ1n) is 17.6. The maximum atomic E-state index is 13.0. The molecule has 9 aromatic rings. The fraction of sp³-hybridized carbons (Fsp3) is 0.0455. The van der Waals surface area contributed by atoms with Crippen LogP contribution in [0.25, 0.3) is 66.5 Å². The van der Waals surface area contributed by atoms with Gasteiger partial charge in [-0.3, -0.25) is 18.7 Å². The first-order valence-corrected chi connectivity index (χ1v) is 18.3. The predicted octanol–water partition coefficient (Wildman–Crippen LogP) is 7.63. The minimum atomic E-state index is -0.141. The molecule has 0 atom stereocenters. The largest absolute Gasteiger partial charge is 0.397 e. The Balaban J connectivity index is 0.000000160. The number of nitriles is 2. The zero-order chi connectivity index (χ0) is 39.8. The Bertz CT molecular complexity index is 3280. The standard InChI is InChI=1S/C22H13N5OS.C22H17N5O/c1-13-15(16-10-9-14(11-23)20-21(16)26-29-25-20)6-4-8-19(13)27-12-24-18-7-3-2-5-17(18)22(27)28;1-13-15(16-10-9-14(11-23)20(24)21(16)25)6-4-8-19(13)27-12-26-18-7-3-2-5-17(18)22(27)28/h2-10,12H,1H3;2-10,12H,24-25H2,1H3. The van der Waals surface area contributed by atoms with Crippen molar-refractivity contribution in [2.24, 2.45) is 0 Å². The molecule has 0 radical (unpaired) electrons. The van der Waals surface area contributed by atoms with Crippen LogP contribution in [0.1, 0.15) is 22.3 Å². The second-order valence-corrected chi connectivity index (χ2v) is 13.6. The number of anilines is 2. The van der Waals surface area contributed by atoms with Crippen molar-refractivity contribution in [2.45, 2.75) is 13.8 Å². The highest BCUT2D eigenvalue weighted by atomic mass is 32.1. The van der Waals surface area contributed by atoms with Gasteiger partial charge in [0.25, 0.3) is 11.1 Å². The minimum Gasteiger partial charge on any atom is -0.397 e. The van der Waals surface area contributed by atoms with Crippen molar-refractivity contribution >= 4 is 55.9 Å². The fourth-order valence-electron chi connectivity index (χ4n) is 6.98. The highest BCUT2D eigenvalue weighted by Gasteiger charge is 2.18. The summed E-state index contributed by atoms with van der Waals surface area (Å²) in [5.74, 6) is 0. The van der Waals surface area contributed by atoms with Crippen LogP contribution in [0.2, 0.25) is 0 Å². The maximum absolute atomic E-state index is 13.0. The lowest BCUT2D eigenvalue weighted by atomic mass is 9.95. The van der Waals surface area contributed by atoms with Gasteiger partial charge < -0.3 is 11.5 Å². The zero-order valence-corrected chi connectivity index (χ0v) is 31.3. The number of aromatic nitrogens is 6. The summed E-state index contributed by atoms with van der Waals surface area (Å²) < 4.78 is 11.8. The molecule has 3 heterocycles.